The Morgan fingerprint density at radius 3 is 2.24 bits per heavy atom. The van der Waals surface area contributed by atoms with Crippen molar-refractivity contribution < 1.29 is 13.6 Å². The van der Waals surface area contributed by atoms with Crippen LogP contribution in [0.1, 0.15) is 11.1 Å². The fraction of sp³-hybridized carbons (Fsp3) is 0.0588. The molecular weight excluding hydrogens is 283 g/mol. The van der Waals surface area contributed by atoms with E-state index in [1.807, 2.05) is 42.5 Å². The summed E-state index contributed by atoms with van der Waals surface area (Å²) in [6.07, 6.45) is 4.86. The Balaban J connectivity index is 2.15. The van der Waals surface area contributed by atoms with Gasteiger partial charge in [0.15, 0.2) is 0 Å². The quantitative estimate of drug-likeness (QED) is 0.583. The molecule has 21 heavy (non-hydrogen) atoms. The number of hydrogen-bond acceptors (Lipinski definition) is 3. The molecule has 0 fully saturated rings. The summed E-state index contributed by atoms with van der Waals surface area (Å²) in [6.45, 7) is 3.68. The van der Waals surface area contributed by atoms with Gasteiger partial charge in [-0.05, 0) is 29.3 Å². The van der Waals surface area contributed by atoms with Crippen molar-refractivity contribution >= 4 is 25.1 Å². The van der Waals surface area contributed by atoms with Crippen LogP contribution in [0, 0.1) is 0 Å². The largest absolute Gasteiger partial charge is 0.429 e. The van der Waals surface area contributed by atoms with Gasteiger partial charge in [0, 0.05) is 7.11 Å². The normalized spacial score (nSPS) is 13.8. The first-order chi connectivity index (χ1) is 10.2. The van der Waals surface area contributed by atoms with Gasteiger partial charge in [0.05, 0.1) is 11.6 Å². The van der Waals surface area contributed by atoms with E-state index in [2.05, 4.69) is 6.58 Å². The van der Waals surface area contributed by atoms with E-state index in [0.717, 1.165) is 11.1 Å². The lowest BCUT2D eigenvalue weighted by Crippen LogP contribution is -2.06. The molecule has 0 heterocycles. The maximum atomic E-state index is 12.7. The molecule has 0 spiro atoms. The lowest BCUT2D eigenvalue weighted by molar-refractivity contribution is 0.312. The van der Waals surface area contributed by atoms with E-state index >= 15 is 0 Å². The summed E-state index contributed by atoms with van der Waals surface area (Å²) in [5.74, 6) is 0. The van der Waals surface area contributed by atoms with Gasteiger partial charge in [-0.15, -0.1) is 0 Å². The van der Waals surface area contributed by atoms with Crippen LogP contribution in [-0.4, -0.2) is 7.11 Å². The summed E-state index contributed by atoms with van der Waals surface area (Å²) in [7, 11) is -1.97. The highest BCUT2D eigenvalue weighted by atomic mass is 31.2. The summed E-state index contributed by atoms with van der Waals surface area (Å²) >= 11 is 0. The van der Waals surface area contributed by atoms with E-state index in [4.69, 9.17) is 9.05 Å². The average molecular weight is 300 g/mol. The summed E-state index contributed by atoms with van der Waals surface area (Å²) in [6, 6.07) is 16.7. The van der Waals surface area contributed by atoms with Crippen molar-refractivity contribution in [3.8, 4) is 0 Å². The highest BCUT2D eigenvalue weighted by molar-refractivity contribution is 7.62. The Labute approximate surface area is 125 Å². The maximum absolute atomic E-state index is 12.7. The van der Waals surface area contributed by atoms with Crippen LogP contribution in [0.5, 0.6) is 0 Å². The van der Waals surface area contributed by atoms with Crippen LogP contribution in [0.2, 0.25) is 0 Å². The smallest absolute Gasteiger partial charge is 0.409 e. The Morgan fingerprint density at radius 2 is 1.67 bits per heavy atom. The van der Waals surface area contributed by atoms with Crippen LogP contribution in [0.15, 0.2) is 67.4 Å². The molecule has 2 aromatic carbocycles. The predicted octanol–water partition coefficient (Wildman–Crippen LogP) is 4.48. The van der Waals surface area contributed by atoms with E-state index in [1.165, 1.54) is 13.4 Å². The first-order valence-corrected chi connectivity index (χ1v) is 8.01. The van der Waals surface area contributed by atoms with Crippen LogP contribution in [-0.2, 0) is 13.6 Å². The van der Waals surface area contributed by atoms with E-state index in [0.29, 0.717) is 5.30 Å². The lowest BCUT2D eigenvalue weighted by atomic mass is 10.2. The average Bonchev–Trinajstić information content (AvgIpc) is 2.56. The molecule has 108 valence electrons. The summed E-state index contributed by atoms with van der Waals surface area (Å²) in [4.78, 5) is 0. The van der Waals surface area contributed by atoms with Gasteiger partial charge in [-0.2, -0.15) is 0 Å². The van der Waals surface area contributed by atoms with Gasteiger partial charge in [0.1, 0.15) is 0 Å². The minimum Gasteiger partial charge on any atom is -0.429 e. The summed E-state index contributed by atoms with van der Waals surface area (Å²) in [5, 5.41) is 0.508. The van der Waals surface area contributed by atoms with E-state index in [9.17, 15) is 4.57 Å². The number of hydrogen-bond donors (Lipinski definition) is 0. The molecule has 1 unspecified atom stereocenters. The Kier molecular flexibility index (Phi) is 5.15. The van der Waals surface area contributed by atoms with Crippen LogP contribution >= 0.6 is 7.60 Å². The third-order valence-electron chi connectivity index (χ3n) is 2.95. The molecular formula is C17H17O3P. The van der Waals surface area contributed by atoms with Crippen molar-refractivity contribution in [3.05, 3.63) is 78.6 Å². The molecule has 0 amide bonds. The van der Waals surface area contributed by atoms with Crippen molar-refractivity contribution in [2.45, 2.75) is 0 Å². The standard InChI is InChI=1S/C17H17O3P/c1-3-15-9-11-17(12-10-15)21(18,19-2)20-14-13-16-7-5-4-6-8-16/h3-14H,1H2,2H3. The second-order valence-electron chi connectivity index (χ2n) is 4.29. The predicted molar refractivity (Wildman–Crippen MR) is 87.3 cm³/mol. The summed E-state index contributed by atoms with van der Waals surface area (Å²) in [5.41, 5.74) is 1.91. The fourth-order valence-electron chi connectivity index (χ4n) is 1.76. The fourth-order valence-corrected chi connectivity index (χ4v) is 2.91. The van der Waals surface area contributed by atoms with Gasteiger partial charge in [-0.1, -0.05) is 55.1 Å². The molecule has 3 nitrogen and oxygen atoms in total. The molecule has 1 atom stereocenters. The Hall–Kier alpha value is -2.09. The van der Waals surface area contributed by atoms with Crippen molar-refractivity contribution in [1.29, 1.82) is 0 Å². The molecule has 0 saturated carbocycles. The molecule has 0 aromatic heterocycles. The van der Waals surface area contributed by atoms with Crippen molar-refractivity contribution in [3.63, 3.8) is 0 Å². The lowest BCUT2D eigenvalue weighted by Gasteiger charge is -2.14. The van der Waals surface area contributed by atoms with Crippen LogP contribution in [0.3, 0.4) is 0 Å². The molecule has 0 aliphatic heterocycles. The zero-order valence-corrected chi connectivity index (χ0v) is 12.7. The maximum Gasteiger partial charge on any atom is 0.409 e. The minimum absolute atomic E-state index is 0.508. The SMILES string of the molecule is C=Cc1ccc(P(=O)(OC)OC=Cc2ccccc2)cc1. The summed E-state index contributed by atoms with van der Waals surface area (Å²) < 4.78 is 23.1. The Morgan fingerprint density at radius 1 is 1.00 bits per heavy atom. The van der Waals surface area contributed by atoms with Crippen molar-refractivity contribution in [2.75, 3.05) is 7.11 Å². The molecule has 0 radical (unpaired) electrons. The van der Waals surface area contributed by atoms with E-state index in [-0.39, 0.29) is 0 Å². The van der Waals surface area contributed by atoms with Gasteiger partial charge in [0.25, 0.3) is 0 Å². The molecule has 0 saturated heterocycles. The van der Waals surface area contributed by atoms with Gasteiger partial charge < -0.3 is 4.52 Å². The van der Waals surface area contributed by atoms with Crippen LogP contribution in [0.4, 0.5) is 0 Å². The molecule has 0 aliphatic carbocycles. The monoisotopic (exact) mass is 300 g/mol. The molecule has 4 heteroatoms. The number of benzene rings is 2. The molecule has 0 N–H and O–H groups in total. The Bertz CT molecular complexity index is 660. The van der Waals surface area contributed by atoms with Crippen LogP contribution in [0.25, 0.3) is 12.2 Å². The minimum atomic E-state index is -3.34. The third kappa shape index (κ3) is 3.94. The second kappa shape index (κ2) is 7.07. The van der Waals surface area contributed by atoms with Gasteiger partial charge in [0.2, 0.25) is 0 Å². The zero-order chi connectivity index (χ0) is 15.1. The second-order valence-corrected chi connectivity index (χ2v) is 6.38. The first-order valence-electron chi connectivity index (χ1n) is 6.47. The molecule has 2 aromatic rings. The van der Waals surface area contributed by atoms with Crippen molar-refractivity contribution in [1.82, 2.24) is 0 Å². The van der Waals surface area contributed by atoms with Gasteiger partial charge in [-0.25, -0.2) is 4.57 Å². The van der Waals surface area contributed by atoms with E-state index in [1.54, 1.807) is 24.3 Å². The van der Waals surface area contributed by atoms with Gasteiger partial charge >= 0.3 is 7.60 Å². The van der Waals surface area contributed by atoms with Gasteiger partial charge in [-0.3, -0.25) is 4.52 Å². The van der Waals surface area contributed by atoms with Crippen molar-refractivity contribution in [2.24, 2.45) is 0 Å². The highest BCUT2D eigenvalue weighted by Gasteiger charge is 2.25. The zero-order valence-electron chi connectivity index (χ0n) is 11.8. The third-order valence-corrected chi connectivity index (χ3v) is 4.76. The highest BCUT2D eigenvalue weighted by Crippen LogP contribution is 2.46. The molecule has 2 rings (SSSR count). The first kappa shape index (κ1) is 15.3. The molecule has 0 bridgehead atoms. The topological polar surface area (TPSA) is 35.5 Å². The van der Waals surface area contributed by atoms with Crippen LogP contribution < -0.4 is 5.30 Å². The number of rotatable bonds is 6. The van der Waals surface area contributed by atoms with E-state index < -0.39 is 7.60 Å². The molecule has 0 aliphatic rings.